The van der Waals surface area contributed by atoms with Crippen molar-refractivity contribution < 1.29 is 9.13 Å². The Morgan fingerprint density at radius 3 is 2.65 bits per heavy atom. The van der Waals surface area contributed by atoms with Crippen molar-refractivity contribution in [2.75, 3.05) is 0 Å². The number of rotatable bonds is 5. The van der Waals surface area contributed by atoms with Gasteiger partial charge in [-0.3, -0.25) is 0 Å². The van der Waals surface area contributed by atoms with Gasteiger partial charge >= 0.3 is 0 Å². The maximum Gasteiger partial charge on any atom is 0.166 e. The first-order chi connectivity index (χ1) is 9.60. The molecule has 0 aliphatic carbocycles. The fourth-order valence-electron chi connectivity index (χ4n) is 2.12. The maximum atomic E-state index is 14.0. The minimum atomic E-state index is -0.356. The summed E-state index contributed by atoms with van der Waals surface area (Å²) >= 11 is 0. The first kappa shape index (κ1) is 14.5. The molecule has 20 heavy (non-hydrogen) atoms. The summed E-state index contributed by atoms with van der Waals surface area (Å²) in [6.45, 7) is 3.97. The van der Waals surface area contributed by atoms with Crippen molar-refractivity contribution in [1.29, 1.82) is 0 Å². The van der Waals surface area contributed by atoms with Gasteiger partial charge in [-0.2, -0.15) is 0 Å². The van der Waals surface area contributed by atoms with Crippen LogP contribution in [0.25, 0.3) is 0 Å². The molecule has 3 heteroatoms. The lowest BCUT2D eigenvalue weighted by Crippen LogP contribution is -2.18. The van der Waals surface area contributed by atoms with Crippen molar-refractivity contribution in [2.45, 2.75) is 32.7 Å². The number of halogens is 1. The summed E-state index contributed by atoms with van der Waals surface area (Å²) in [7, 11) is 0. The van der Waals surface area contributed by atoms with Crippen LogP contribution >= 0.6 is 0 Å². The van der Waals surface area contributed by atoms with E-state index >= 15 is 0 Å². The van der Waals surface area contributed by atoms with Crippen LogP contribution in [0.1, 0.15) is 25.0 Å². The second-order valence-electron chi connectivity index (χ2n) is 5.01. The van der Waals surface area contributed by atoms with E-state index in [-0.39, 0.29) is 17.6 Å². The molecule has 0 aromatic heterocycles. The molecule has 0 bridgehead atoms. The zero-order chi connectivity index (χ0) is 14.5. The highest BCUT2D eigenvalue weighted by Crippen LogP contribution is 2.29. The number of nitrogens with two attached hydrogens (primary N) is 1. The highest BCUT2D eigenvalue weighted by molar-refractivity contribution is 5.40. The largest absolute Gasteiger partial charge is 0.454 e. The molecule has 0 spiro atoms. The normalized spacial score (nSPS) is 12.2. The van der Waals surface area contributed by atoms with Gasteiger partial charge in [0, 0.05) is 6.04 Å². The van der Waals surface area contributed by atoms with Gasteiger partial charge in [0.15, 0.2) is 11.6 Å². The number of hydrogen-bond acceptors (Lipinski definition) is 2. The van der Waals surface area contributed by atoms with Crippen molar-refractivity contribution in [2.24, 2.45) is 5.73 Å². The van der Waals surface area contributed by atoms with Gasteiger partial charge in [0.25, 0.3) is 0 Å². The quantitative estimate of drug-likeness (QED) is 0.891. The molecule has 0 aliphatic rings. The molecule has 2 N–H and O–H groups in total. The highest BCUT2D eigenvalue weighted by Gasteiger charge is 2.12. The molecular formula is C17H20FNO. The van der Waals surface area contributed by atoms with Crippen LogP contribution in [0.15, 0.2) is 42.5 Å². The van der Waals surface area contributed by atoms with Gasteiger partial charge in [-0.15, -0.1) is 0 Å². The molecule has 0 radical (unpaired) electrons. The second kappa shape index (κ2) is 6.53. The van der Waals surface area contributed by atoms with Gasteiger partial charge in [-0.25, -0.2) is 4.39 Å². The van der Waals surface area contributed by atoms with Gasteiger partial charge in [0.05, 0.1) is 0 Å². The van der Waals surface area contributed by atoms with Crippen molar-refractivity contribution in [3.05, 3.63) is 59.4 Å². The van der Waals surface area contributed by atoms with E-state index in [9.17, 15) is 4.39 Å². The molecule has 0 aliphatic heterocycles. The smallest absolute Gasteiger partial charge is 0.166 e. The molecule has 2 aromatic rings. The standard InChI is InChI=1S/C17H20FNO/c1-3-13-6-4-8-15(11-13)20-17-14(10-12(2)19)7-5-9-16(17)18/h4-9,11-12H,3,10,19H2,1-2H3. The van der Waals surface area contributed by atoms with E-state index in [1.54, 1.807) is 6.07 Å². The Kier molecular flexibility index (Phi) is 4.74. The molecule has 1 atom stereocenters. The maximum absolute atomic E-state index is 14.0. The summed E-state index contributed by atoms with van der Waals surface area (Å²) in [5.74, 6) is 0.573. The summed E-state index contributed by atoms with van der Waals surface area (Å²) in [6, 6.07) is 12.6. The molecule has 106 valence electrons. The van der Waals surface area contributed by atoms with E-state index in [0.29, 0.717) is 12.2 Å². The lowest BCUT2D eigenvalue weighted by molar-refractivity contribution is 0.434. The molecule has 2 rings (SSSR count). The van der Waals surface area contributed by atoms with Crippen LogP contribution in [0.3, 0.4) is 0 Å². The second-order valence-corrected chi connectivity index (χ2v) is 5.01. The zero-order valence-electron chi connectivity index (χ0n) is 11.9. The lowest BCUT2D eigenvalue weighted by Gasteiger charge is -2.14. The van der Waals surface area contributed by atoms with Crippen LogP contribution in [0.5, 0.6) is 11.5 Å². The average Bonchev–Trinajstić information content (AvgIpc) is 2.42. The van der Waals surface area contributed by atoms with Crippen molar-refractivity contribution >= 4 is 0 Å². The average molecular weight is 273 g/mol. The van der Waals surface area contributed by atoms with Gasteiger partial charge in [0.2, 0.25) is 0 Å². The molecule has 0 amide bonds. The summed E-state index contributed by atoms with van der Waals surface area (Å²) in [5, 5.41) is 0. The molecule has 2 aromatic carbocycles. The Labute approximate surface area is 119 Å². The third kappa shape index (κ3) is 3.58. The van der Waals surface area contributed by atoms with Gasteiger partial charge in [-0.1, -0.05) is 31.2 Å². The molecule has 0 saturated heterocycles. The monoisotopic (exact) mass is 273 g/mol. The molecule has 0 heterocycles. The topological polar surface area (TPSA) is 35.2 Å². The van der Waals surface area contributed by atoms with Crippen LogP contribution in [0, 0.1) is 5.82 Å². The molecule has 1 unspecified atom stereocenters. The summed E-state index contributed by atoms with van der Waals surface area (Å²) < 4.78 is 19.8. The summed E-state index contributed by atoms with van der Waals surface area (Å²) in [6.07, 6.45) is 1.50. The fourth-order valence-corrected chi connectivity index (χ4v) is 2.12. The highest BCUT2D eigenvalue weighted by atomic mass is 19.1. The van der Waals surface area contributed by atoms with Crippen LogP contribution in [0.2, 0.25) is 0 Å². The Morgan fingerprint density at radius 2 is 1.95 bits per heavy atom. The van der Waals surface area contributed by atoms with Crippen LogP contribution in [-0.4, -0.2) is 6.04 Å². The van der Waals surface area contributed by atoms with E-state index in [4.69, 9.17) is 10.5 Å². The first-order valence-corrected chi connectivity index (χ1v) is 6.90. The number of aryl methyl sites for hydroxylation is 1. The van der Waals surface area contributed by atoms with E-state index in [0.717, 1.165) is 17.5 Å². The Balaban J connectivity index is 2.31. The lowest BCUT2D eigenvalue weighted by atomic mass is 10.1. The molecule has 0 saturated carbocycles. The van der Waals surface area contributed by atoms with Gasteiger partial charge in [0.1, 0.15) is 5.75 Å². The fraction of sp³-hybridized carbons (Fsp3) is 0.294. The number of para-hydroxylation sites is 1. The Morgan fingerprint density at radius 1 is 1.20 bits per heavy atom. The number of ether oxygens (including phenoxy) is 1. The van der Waals surface area contributed by atoms with Gasteiger partial charge < -0.3 is 10.5 Å². The zero-order valence-corrected chi connectivity index (χ0v) is 11.9. The third-order valence-electron chi connectivity index (χ3n) is 3.12. The van der Waals surface area contributed by atoms with Gasteiger partial charge in [-0.05, 0) is 49.1 Å². The van der Waals surface area contributed by atoms with Crippen LogP contribution in [0.4, 0.5) is 4.39 Å². The molecular weight excluding hydrogens is 253 g/mol. The number of hydrogen-bond donors (Lipinski definition) is 1. The van der Waals surface area contributed by atoms with Crippen LogP contribution in [-0.2, 0) is 12.8 Å². The minimum absolute atomic E-state index is 0.0406. The van der Waals surface area contributed by atoms with E-state index in [2.05, 4.69) is 6.92 Å². The van der Waals surface area contributed by atoms with Crippen molar-refractivity contribution in [1.82, 2.24) is 0 Å². The predicted molar refractivity (Wildman–Crippen MR) is 79.6 cm³/mol. The Bertz CT molecular complexity index is 581. The van der Waals surface area contributed by atoms with E-state index < -0.39 is 0 Å². The Hall–Kier alpha value is -1.87. The minimum Gasteiger partial charge on any atom is -0.454 e. The molecule has 0 fully saturated rings. The van der Waals surface area contributed by atoms with Crippen molar-refractivity contribution in [3.63, 3.8) is 0 Å². The predicted octanol–water partition coefficient (Wildman–Crippen LogP) is 4.07. The van der Waals surface area contributed by atoms with Crippen molar-refractivity contribution in [3.8, 4) is 11.5 Å². The first-order valence-electron chi connectivity index (χ1n) is 6.90. The van der Waals surface area contributed by atoms with Crippen LogP contribution < -0.4 is 10.5 Å². The summed E-state index contributed by atoms with van der Waals surface area (Å²) in [4.78, 5) is 0. The summed E-state index contributed by atoms with van der Waals surface area (Å²) in [5.41, 5.74) is 7.76. The number of benzene rings is 2. The third-order valence-corrected chi connectivity index (χ3v) is 3.12. The SMILES string of the molecule is CCc1cccc(Oc2c(F)cccc2CC(C)N)c1. The molecule has 2 nitrogen and oxygen atoms in total. The van der Waals surface area contributed by atoms with E-state index in [1.165, 1.54) is 6.07 Å². The van der Waals surface area contributed by atoms with E-state index in [1.807, 2.05) is 37.3 Å².